The van der Waals surface area contributed by atoms with Gasteiger partial charge in [0.25, 0.3) is 0 Å². The number of H-pyrrole nitrogens is 1. The Hall–Kier alpha value is -3.43. The van der Waals surface area contributed by atoms with E-state index in [1.807, 2.05) is 12.4 Å². The van der Waals surface area contributed by atoms with Crippen LogP contribution in [0, 0.1) is 0 Å². The third kappa shape index (κ3) is 3.39. The smallest absolute Gasteiger partial charge is 0.0480 e. The first-order valence-corrected chi connectivity index (χ1v) is 11.6. The van der Waals surface area contributed by atoms with Gasteiger partial charge in [-0.2, -0.15) is 0 Å². The summed E-state index contributed by atoms with van der Waals surface area (Å²) in [6, 6.07) is 27.0. The molecule has 1 aliphatic carbocycles. The predicted molar refractivity (Wildman–Crippen MR) is 133 cm³/mol. The molecule has 158 valence electrons. The lowest BCUT2D eigenvalue weighted by Gasteiger charge is -2.27. The summed E-state index contributed by atoms with van der Waals surface area (Å²) in [6.45, 7) is 2.26. The molecule has 0 spiro atoms. The van der Waals surface area contributed by atoms with Crippen LogP contribution in [0.4, 0.5) is 0 Å². The van der Waals surface area contributed by atoms with Crippen LogP contribution in [0.25, 0.3) is 32.8 Å². The first-order valence-electron chi connectivity index (χ1n) is 11.6. The molecule has 0 bridgehead atoms. The second kappa shape index (κ2) is 7.92. The summed E-state index contributed by atoms with van der Waals surface area (Å²) < 4.78 is 0. The van der Waals surface area contributed by atoms with Gasteiger partial charge in [0, 0.05) is 46.5 Å². The normalized spacial score (nSPS) is 16.8. The van der Waals surface area contributed by atoms with Crippen molar-refractivity contribution in [3.63, 3.8) is 0 Å². The standard InChI is InChI=1S/C29H27N3/c1-19(20-6-3-2-4-7-20)31-28-9-5-8-25-26-17-23(12-13-27(26)32-29(25)28)22-11-10-21-14-15-30-18-24(21)16-22/h2-4,6-7,10-19,28,31-32H,5,8-9H2,1H3/t19-,28-/m1/s1. The molecule has 0 aliphatic heterocycles. The minimum atomic E-state index is 0.320. The number of fused-ring (bicyclic) bond motifs is 4. The number of aromatic nitrogens is 2. The molecule has 2 aromatic heterocycles. The SMILES string of the molecule is C[C@@H](N[C@@H]1CCCc2c1[nH]c1ccc(-c3ccc4ccncc4c3)cc21)c1ccccc1. The maximum absolute atomic E-state index is 4.29. The average molecular weight is 418 g/mol. The topological polar surface area (TPSA) is 40.7 Å². The second-order valence-corrected chi connectivity index (χ2v) is 8.96. The van der Waals surface area contributed by atoms with Crippen LogP contribution in [0.1, 0.15) is 48.7 Å². The van der Waals surface area contributed by atoms with Crippen LogP contribution >= 0.6 is 0 Å². The lowest BCUT2D eigenvalue weighted by atomic mass is 9.90. The number of pyridine rings is 1. The fourth-order valence-electron chi connectivity index (χ4n) is 5.21. The molecule has 3 heteroatoms. The fraction of sp³-hybridized carbons (Fsp3) is 0.207. The van der Waals surface area contributed by atoms with Gasteiger partial charge in [0.2, 0.25) is 0 Å². The molecule has 0 unspecified atom stereocenters. The Kier molecular flexibility index (Phi) is 4.77. The molecule has 0 saturated carbocycles. The van der Waals surface area contributed by atoms with Gasteiger partial charge < -0.3 is 10.3 Å². The van der Waals surface area contributed by atoms with Crippen LogP contribution in [-0.4, -0.2) is 9.97 Å². The van der Waals surface area contributed by atoms with Gasteiger partial charge in [-0.05, 0) is 78.1 Å². The fourth-order valence-corrected chi connectivity index (χ4v) is 5.21. The van der Waals surface area contributed by atoms with Crippen molar-refractivity contribution in [1.82, 2.24) is 15.3 Å². The zero-order valence-electron chi connectivity index (χ0n) is 18.3. The van der Waals surface area contributed by atoms with E-state index in [1.54, 1.807) is 0 Å². The lowest BCUT2D eigenvalue weighted by Crippen LogP contribution is -2.27. The van der Waals surface area contributed by atoms with Gasteiger partial charge in [-0.15, -0.1) is 0 Å². The Morgan fingerprint density at radius 1 is 0.938 bits per heavy atom. The first kappa shape index (κ1) is 19.3. The highest BCUT2D eigenvalue weighted by molar-refractivity contribution is 5.92. The molecule has 3 nitrogen and oxygen atoms in total. The van der Waals surface area contributed by atoms with Gasteiger partial charge in [0.05, 0.1) is 0 Å². The van der Waals surface area contributed by atoms with Crippen LogP contribution < -0.4 is 5.32 Å². The number of nitrogens with zero attached hydrogens (tertiary/aromatic N) is 1. The van der Waals surface area contributed by atoms with Gasteiger partial charge in [0.1, 0.15) is 0 Å². The summed E-state index contributed by atoms with van der Waals surface area (Å²) in [5.41, 5.74) is 7.93. The van der Waals surface area contributed by atoms with Crippen molar-refractivity contribution in [2.45, 2.75) is 38.3 Å². The van der Waals surface area contributed by atoms with Gasteiger partial charge in [-0.3, -0.25) is 4.98 Å². The molecule has 0 fully saturated rings. The molecule has 0 radical (unpaired) electrons. The predicted octanol–water partition coefficient (Wildman–Crippen LogP) is 7.11. The Morgan fingerprint density at radius 3 is 2.69 bits per heavy atom. The van der Waals surface area contributed by atoms with Gasteiger partial charge in [-0.1, -0.05) is 48.5 Å². The molecule has 2 atom stereocenters. The van der Waals surface area contributed by atoms with Crippen molar-refractivity contribution in [2.24, 2.45) is 0 Å². The molecule has 32 heavy (non-hydrogen) atoms. The molecule has 2 heterocycles. The van der Waals surface area contributed by atoms with E-state index in [1.165, 1.54) is 62.5 Å². The number of aromatic amines is 1. The minimum Gasteiger partial charge on any atom is -0.357 e. The van der Waals surface area contributed by atoms with Crippen molar-refractivity contribution in [1.29, 1.82) is 0 Å². The zero-order valence-corrected chi connectivity index (χ0v) is 18.3. The van der Waals surface area contributed by atoms with Crippen molar-refractivity contribution >= 4 is 21.7 Å². The van der Waals surface area contributed by atoms with E-state index in [4.69, 9.17) is 0 Å². The summed E-state index contributed by atoms with van der Waals surface area (Å²) in [4.78, 5) is 8.05. The quantitative estimate of drug-likeness (QED) is 0.327. The van der Waals surface area contributed by atoms with E-state index in [9.17, 15) is 0 Å². The zero-order chi connectivity index (χ0) is 21.5. The summed E-state index contributed by atoms with van der Waals surface area (Å²) in [5, 5.41) is 7.65. The van der Waals surface area contributed by atoms with E-state index in [-0.39, 0.29) is 0 Å². The molecule has 6 rings (SSSR count). The van der Waals surface area contributed by atoms with Gasteiger partial charge >= 0.3 is 0 Å². The number of nitrogens with one attached hydrogen (secondary N) is 2. The highest BCUT2D eigenvalue weighted by atomic mass is 15.0. The number of benzene rings is 3. The maximum atomic E-state index is 4.29. The van der Waals surface area contributed by atoms with Crippen molar-refractivity contribution < 1.29 is 0 Å². The number of hydrogen-bond donors (Lipinski definition) is 2. The molecule has 0 amide bonds. The molecule has 1 aliphatic rings. The van der Waals surface area contributed by atoms with Crippen molar-refractivity contribution in [2.75, 3.05) is 0 Å². The van der Waals surface area contributed by atoms with E-state index in [0.29, 0.717) is 12.1 Å². The van der Waals surface area contributed by atoms with Crippen LogP contribution in [0.3, 0.4) is 0 Å². The van der Waals surface area contributed by atoms with Crippen LogP contribution in [0.15, 0.2) is 85.2 Å². The third-order valence-electron chi connectivity index (χ3n) is 6.93. The Labute approximate surface area is 188 Å². The largest absolute Gasteiger partial charge is 0.357 e. The second-order valence-electron chi connectivity index (χ2n) is 8.96. The molecule has 5 aromatic rings. The van der Waals surface area contributed by atoms with E-state index in [2.05, 4.69) is 95.0 Å². The van der Waals surface area contributed by atoms with Crippen molar-refractivity contribution in [3.05, 3.63) is 102 Å². The van der Waals surface area contributed by atoms with Crippen molar-refractivity contribution in [3.8, 4) is 11.1 Å². The number of hydrogen-bond acceptors (Lipinski definition) is 2. The summed E-state index contributed by atoms with van der Waals surface area (Å²) >= 11 is 0. The van der Waals surface area contributed by atoms with Crippen LogP contribution in [0.5, 0.6) is 0 Å². The Bertz CT molecular complexity index is 1400. The number of rotatable bonds is 4. The van der Waals surface area contributed by atoms with E-state index >= 15 is 0 Å². The molecular weight excluding hydrogens is 390 g/mol. The maximum Gasteiger partial charge on any atom is 0.0480 e. The van der Waals surface area contributed by atoms with E-state index in [0.717, 1.165) is 6.42 Å². The molecular formula is C29H27N3. The highest BCUT2D eigenvalue weighted by Crippen LogP contribution is 2.38. The monoisotopic (exact) mass is 417 g/mol. The molecule has 0 saturated heterocycles. The Balaban J connectivity index is 1.36. The minimum absolute atomic E-state index is 0.320. The highest BCUT2D eigenvalue weighted by Gasteiger charge is 2.25. The Morgan fingerprint density at radius 2 is 1.78 bits per heavy atom. The first-order chi connectivity index (χ1) is 15.8. The summed E-state index contributed by atoms with van der Waals surface area (Å²) in [6.07, 6.45) is 7.31. The van der Waals surface area contributed by atoms with Gasteiger partial charge in [0.15, 0.2) is 0 Å². The molecule has 2 N–H and O–H groups in total. The average Bonchev–Trinajstić information content (AvgIpc) is 3.23. The third-order valence-corrected chi connectivity index (χ3v) is 6.93. The lowest BCUT2D eigenvalue weighted by molar-refractivity contribution is 0.410. The van der Waals surface area contributed by atoms with Gasteiger partial charge in [-0.25, -0.2) is 0 Å². The van der Waals surface area contributed by atoms with E-state index < -0.39 is 0 Å². The van der Waals surface area contributed by atoms with Crippen LogP contribution in [0.2, 0.25) is 0 Å². The number of aryl methyl sites for hydroxylation is 1. The summed E-state index contributed by atoms with van der Waals surface area (Å²) in [5.74, 6) is 0. The molecule has 3 aromatic carbocycles. The summed E-state index contributed by atoms with van der Waals surface area (Å²) in [7, 11) is 0. The van der Waals surface area contributed by atoms with Crippen LogP contribution in [-0.2, 0) is 6.42 Å².